The molecule has 0 unspecified atom stereocenters. The van der Waals surface area contributed by atoms with Gasteiger partial charge >= 0.3 is 0 Å². The maximum Gasteiger partial charge on any atom is 0.237 e. The summed E-state index contributed by atoms with van der Waals surface area (Å²) in [5.74, 6) is 0.758. The second-order valence-electron chi connectivity index (χ2n) is 8.46. The molecule has 0 saturated carbocycles. The van der Waals surface area contributed by atoms with Crippen LogP contribution in [0.4, 0.5) is 0 Å². The normalized spacial score (nSPS) is 17.6. The Labute approximate surface area is 170 Å². The summed E-state index contributed by atoms with van der Waals surface area (Å²) in [4.78, 5) is 15.5. The third-order valence-electron chi connectivity index (χ3n) is 5.71. The summed E-state index contributed by atoms with van der Waals surface area (Å²) in [7, 11) is 0. The number of rotatable bonds is 11. The first-order valence-electron chi connectivity index (χ1n) is 11.0. The number of hydrogen-bond acceptors (Lipinski definition) is 4. The van der Waals surface area contributed by atoms with E-state index in [4.69, 9.17) is 0 Å². The van der Waals surface area contributed by atoms with Crippen LogP contribution in [0.3, 0.4) is 0 Å². The third-order valence-corrected chi connectivity index (χ3v) is 5.71. The molecule has 1 heterocycles. The van der Waals surface area contributed by atoms with Crippen molar-refractivity contribution in [1.82, 2.24) is 15.5 Å². The van der Waals surface area contributed by atoms with Crippen molar-refractivity contribution >= 4 is 5.91 Å². The molecule has 1 amide bonds. The molecule has 0 aliphatic carbocycles. The fourth-order valence-electron chi connectivity index (χ4n) is 3.73. The molecular weight excluding hydrogens is 350 g/mol. The lowest BCUT2D eigenvalue weighted by Crippen LogP contribution is -2.54. The Morgan fingerprint density at radius 1 is 1.21 bits per heavy atom. The van der Waals surface area contributed by atoms with E-state index < -0.39 is 0 Å². The van der Waals surface area contributed by atoms with Crippen molar-refractivity contribution in [3.05, 3.63) is 29.3 Å². The number of nitrogens with zero attached hydrogens (tertiary/aromatic N) is 1. The Morgan fingerprint density at radius 2 is 1.89 bits per heavy atom. The molecule has 1 aromatic carbocycles. The van der Waals surface area contributed by atoms with Gasteiger partial charge in [0, 0.05) is 19.1 Å². The molecule has 1 aliphatic heterocycles. The van der Waals surface area contributed by atoms with Gasteiger partial charge in [0.15, 0.2) is 0 Å². The number of carbonyl (C=O) groups is 1. The number of nitrogens with one attached hydrogen (secondary N) is 2. The smallest absolute Gasteiger partial charge is 0.237 e. The van der Waals surface area contributed by atoms with Gasteiger partial charge in [-0.1, -0.05) is 46.6 Å². The van der Waals surface area contributed by atoms with Crippen LogP contribution in [0.15, 0.2) is 18.2 Å². The summed E-state index contributed by atoms with van der Waals surface area (Å²) in [6.07, 6.45) is 5.47. The van der Waals surface area contributed by atoms with Crippen molar-refractivity contribution in [2.45, 2.75) is 78.4 Å². The molecule has 5 nitrogen and oxygen atoms in total. The molecule has 28 heavy (non-hydrogen) atoms. The zero-order valence-corrected chi connectivity index (χ0v) is 18.1. The highest BCUT2D eigenvalue weighted by molar-refractivity contribution is 5.82. The van der Waals surface area contributed by atoms with Gasteiger partial charge in [-0.15, -0.1) is 0 Å². The van der Waals surface area contributed by atoms with E-state index >= 15 is 0 Å². The number of hydrogen-bond donors (Lipinski definition) is 3. The number of phenols is 1. The van der Waals surface area contributed by atoms with Crippen LogP contribution in [0.25, 0.3) is 0 Å². The molecule has 0 saturated heterocycles. The number of amides is 1. The Hall–Kier alpha value is -1.59. The first-order chi connectivity index (χ1) is 13.4. The molecular formula is C23H39N3O2. The minimum Gasteiger partial charge on any atom is -0.508 e. The summed E-state index contributed by atoms with van der Waals surface area (Å²) in [6, 6.07) is 5.37. The van der Waals surface area contributed by atoms with Crippen LogP contribution < -0.4 is 10.6 Å². The van der Waals surface area contributed by atoms with Gasteiger partial charge in [0.25, 0.3) is 0 Å². The van der Waals surface area contributed by atoms with E-state index in [1.807, 2.05) is 6.07 Å². The van der Waals surface area contributed by atoms with Gasteiger partial charge in [-0.3, -0.25) is 4.79 Å². The average molecular weight is 390 g/mol. The van der Waals surface area contributed by atoms with Crippen molar-refractivity contribution in [1.29, 1.82) is 0 Å². The SMILES string of the molecule is CCCCN(CCCC)C[C@@H](NC(=O)[C@H]1Cc2ccc(O)cc2CN1)C(C)C. The lowest BCUT2D eigenvalue weighted by molar-refractivity contribution is -0.124. The summed E-state index contributed by atoms with van der Waals surface area (Å²) in [6.45, 7) is 12.6. The van der Waals surface area contributed by atoms with Crippen molar-refractivity contribution in [2.24, 2.45) is 5.92 Å². The molecule has 0 fully saturated rings. The van der Waals surface area contributed by atoms with E-state index in [2.05, 4.69) is 43.2 Å². The number of benzene rings is 1. The maximum absolute atomic E-state index is 13.0. The number of fused-ring (bicyclic) bond motifs is 1. The van der Waals surface area contributed by atoms with Crippen molar-refractivity contribution in [3.63, 3.8) is 0 Å². The minimum absolute atomic E-state index is 0.0864. The summed E-state index contributed by atoms with van der Waals surface area (Å²) < 4.78 is 0. The molecule has 2 atom stereocenters. The van der Waals surface area contributed by atoms with Crippen LogP contribution in [0.2, 0.25) is 0 Å². The molecule has 1 aromatic rings. The predicted molar refractivity (Wildman–Crippen MR) is 115 cm³/mol. The van der Waals surface area contributed by atoms with Gasteiger partial charge in [0.05, 0.1) is 6.04 Å². The van der Waals surface area contributed by atoms with Gasteiger partial charge in [-0.2, -0.15) is 0 Å². The van der Waals surface area contributed by atoms with E-state index in [1.54, 1.807) is 12.1 Å². The van der Waals surface area contributed by atoms with E-state index in [1.165, 1.54) is 25.7 Å². The molecule has 158 valence electrons. The van der Waals surface area contributed by atoms with Crippen LogP contribution in [-0.4, -0.2) is 47.6 Å². The highest BCUT2D eigenvalue weighted by Crippen LogP contribution is 2.21. The molecule has 2 rings (SSSR count). The summed E-state index contributed by atoms with van der Waals surface area (Å²) in [5.41, 5.74) is 2.22. The van der Waals surface area contributed by atoms with Gasteiger partial charge in [0.2, 0.25) is 5.91 Å². The number of aromatic hydroxyl groups is 1. The van der Waals surface area contributed by atoms with Crippen LogP contribution in [-0.2, 0) is 17.8 Å². The largest absolute Gasteiger partial charge is 0.508 e. The van der Waals surface area contributed by atoms with Crippen LogP contribution in [0.5, 0.6) is 5.75 Å². The molecule has 0 bridgehead atoms. The standard InChI is InChI=1S/C23H39N3O2/c1-5-7-11-26(12-8-6-2)16-22(17(3)4)25-23(28)21-14-18-9-10-20(27)13-19(18)15-24-21/h9-10,13,17,21-22,24,27H,5-8,11-12,14-16H2,1-4H3,(H,25,28)/t21-,22-/m1/s1. The van der Waals surface area contributed by atoms with Crippen LogP contribution in [0.1, 0.15) is 64.5 Å². The molecule has 1 aliphatic rings. The van der Waals surface area contributed by atoms with Gasteiger partial charge in [0.1, 0.15) is 5.75 Å². The second kappa shape index (κ2) is 11.4. The Morgan fingerprint density at radius 3 is 2.50 bits per heavy atom. The van der Waals surface area contributed by atoms with Crippen molar-refractivity contribution in [3.8, 4) is 5.75 Å². The van der Waals surface area contributed by atoms with Crippen molar-refractivity contribution in [2.75, 3.05) is 19.6 Å². The molecule has 3 N–H and O–H groups in total. The first kappa shape index (κ1) is 22.7. The lowest BCUT2D eigenvalue weighted by atomic mass is 9.94. The molecule has 5 heteroatoms. The van der Waals surface area contributed by atoms with E-state index in [9.17, 15) is 9.90 Å². The molecule has 0 aromatic heterocycles. The zero-order valence-electron chi connectivity index (χ0n) is 18.1. The molecule has 0 radical (unpaired) electrons. The Balaban J connectivity index is 1.96. The molecule has 0 spiro atoms. The quantitative estimate of drug-likeness (QED) is 0.542. The second-order valence-corrected chi connectivity index (χ2v) is 8.46. The summed E-state index contributed by atoms with van der Waals surface area (Å²) >= 11 is 0. The highest BCUT2D eigenvalue weighted by Gasteiger charge is 2.27. The average Bonchev–Trinajstić information content (AvgIpc) is 2.68. The van der Waals surface area contributed by atoms with Crippen LogP contribution >= 0.6 is 0 Å². The third kappa shape index (κ3) is 6.78. The Kier molecular flexibility index (Phi) is 9.26. The highest BCUT2D eigenvalue weighted by atomic mass is 16.3. The van der Waals surface area contributed by atoms with Gasteiger partial charge in [-0.25, -0.2) is 0 Å². The first-order valence-corrected chi connectivity index (χ1v) is 11.0. The van der Waals surface area contributed by atoms with Gasteiger partial charge < -0.3 is 20.6 Å². The van der Waals surface area contributed by atoms with Crippen molar-refractivity contribution < 1.29 is 9.90 Å². The van der Waals surface area contributed by atoms with E-state index in [0.717, 1.165) is 30.8 Å². The predicted octanol–water partition coefficient (Wildman–Crippen LogP) is 3.45. The maximum atomic E-state index is 13.0. The van der Waals surface area contributed by atoms with Crippen LogP contribution in [0, 0.1) is 5.92 Å². The lowest BCUT2D eigenvalue weighted by Gasteiger charge is -2.32. The monoisotopic (exact) mass is 389 g/mol. The fourth-order valence-corrected chi connectivity index (χ4v) is 3.73. The zero-order chi connectivity index (χ0) is 20.5. The topological polar surface area (TPSA) is 64.6 Å². The number of phenolic OH excluding ortho intramolecular Hbond substituents is 1. The van der Waals surface area contributed by atoms with E-state index in [0.29, 0.717) is 18.9 Å². The fraction of sp³-hybridized carbons (Fsp3) is 0.696. The number of carbonyl (C=O) groups excluding carboxylic acids is 1. The van der Waals surface area contributed by atoms with E-state index in [-0.39, 0.29) is 23.7 Å². The minimum atomic E-state index is -0.210. The van der Waals surface area contributed by atoms with Gasteiger partial charge in [-0.05, 0) is 61.5 Å². The summed E-state index contributed by atoms with van der Waals surface area (Å²) in [5, 5.41) is 16.3. The Bertz CT molecular complexity index is 610. The number of unbranched alkanes of at least 4 members (excludes halogenated alkanes) is 2.